The average molecular weight is 268 g/mol. The maximum atomic E-state index is 11.9. The Labute approximate surface area is 110 Å². The molecule has 0 saturated heterocycles. The van der Waals surface area contributed by atoms with Crippen molar-refractivity contribution in [3.05, 3.63) is 23.2 Å². The molecule has 0 spiro atoms. The zero-order valence-electron chi connectivity index (χ0n) is 10.0. The SMILES string of the molecule is CN1C(=O)CCN(C(=O)CN)c2c(Cl)cccc21. The van der Waals surface area contributed by atoms with Crippen molar-refractivity contribution < 1.29 is 9.59 Å². The highest BCUT2D eigenvalue weighted by molar-refractivity contribution is 6.35. The van der Waals surface area contributed by atoms with Crippen LogP contribution in [0.15, 0.2) is 18.2 Å². The van der Waals surface area contributed by atoms with E-state index < -0.39 is 0 Å². The number of nitrogens with two attached hydrogens (primary N) is 1. The Hall–Kier alpha value is -1.59. The second kappa shape index (κ2) is 4.96. The molecule has 18 heavy (non-hydrogen) atoms. The number of amides is 2. The first-order valence-corrected chi connectivity index (χ1v) is 5.99. The molecule has 0 fully saturated rings. The third-order valence-electron chi connectivity index (χ3n) is 3.00. The molecule has 0 aromatic heterocycles. The van der Waals surface area contributed by atoms with Gasteiger partial charge < -0.3 is 15.5 Å². The van der Waals surface area contributed by atoms with Crippen molar-refractivity contribution in [3.63, 3.8) is 0 Å². The van der Waals surface area contributed by atoms with E-state index >= 15 is 0 Å². The molecule has 1 heterocycles. The van der Waals surface area contributed by atoms with Crippen molar-refractivity contribution >= 4 is 34.8 Å². The topological polar surface area (TPSA) is 66.6 Å². The van der Waals surface area contributed by atoms with Gasteiger partial charge in [-0.2, -0.15) is 0 Å². The monoisotopic (exact) mass is 267 g/mol. The van der Waals surface area contributed by atoms with Gasteiger partial charge in [0.25, 0.3) is 0 Å². The molecule has 2 N–H and O–H groups in total. The van der Waals surface area contributed by atoms with Gasteiger partial charge in [-0.15, -0.1) is 0 Å². The zero-order chi connectivity index (χ0) is 13.3. The molecule has 2 rings (SSSR count). The molecule has 0 aliphatic carbocycles. The lowest BCUT2D eigenvalue weighted by atomic mass is 10.2. The van der Waals surface area contributed by atoms with E-state index in [4.69, 9.17) is 17.3 Å². The van der Waals surface area contributed by atoms with Gasteiger partial charge in [-0.3, -0.25) is 9.59 Å². The van der Waals surface area contributed by atoms with Crippen molar-refractivity contribution in [3.8, 4) is 0 Å². The second-order valence-electron chi connectivity index (χ2n) is 4.06. The standard InChI is InChI=1S/C12H14ClN3O2/c1-15-9-4-2-3-8(13)12(9)16(11(18)7-14)6-5-10(15)17/h2-4H,5-7,14H2,1H3. The number of hydrogen-bond donors (Lipinski definition) is 1. The Morgan fingerprint density at radius 2 is 2.22 bits per heavy atom. The molecule has 1 aromatic carbocycles. The van der Waals surface area contributed by atoms with Crippen LogP contribution in [0.25, 0.3) is 0 Å². The van der Waals surface area contributed by atoms with E-state index in [9.17, 15) is 9.59 Å². The highest BCUT2D eigenvalue weighted by Crippen LogP contribution is 2.38. The van der Waals surface area contributed by atoms with Gasteiger partial charge in [0.1, 0.15) is 0 Å². The van der Waals surface area contributed by atoms with E-state index in [-0.39, 0.29) is 24.8 Å². The maximum Gasteiger partial charge on any atom is 0.240 e. The summed E-state index contributed by atoms with van der Waals surface area (Å²) >= 11 is 6.15. The van der Waals surface area contributed by atoms with Crippen LogP contribution in [0.4, 0.5) is 11.4 Å². The lowest BCUT2D eigenvalue weighted by Crippen LogP contribution is -2.36. The van der Waals surface area contributed by atoms with Crippen LogP contribution in [-0.2, 0) is 9.59 Å². The first kappa shape index (κ1) is 12.9. The summed E-state index contributed by atoms with van der Waals surface area (Å²) in [5.74, 6) is -0.293. The summed E-state index contributed by atoms with van der Waals surface area (Å²) < 4.78 is 0. The first-order valence-electron chi connectivity index (χ1n) is 5.61. The molecule has 0 saturated carbocycles. The molecule has 6 heteroatoms. The van der Waals surface area contributed by atoms with Crippen molar-refractivity contribution in [2.24, 2.45) is 5.73 Å². The number of rotatable bonds is 1. The summed E-state index contributed by atoms with van der Waals surface area (Å²) in [5, 5.41) is 0.441. The predicted molar refractivity (Wildman–Crippen MR) is 70.9 cm³/mol. The summed E-state index contributed by atoms with van der Waals surface area (Å²) in [6.07, 6.45) is 0.257. The van der Waals surface area contributed by atoms with E-state index in [2.05, 4.69) is 0 Å². The molecule has 0 unspecified atom stereocenters. The van der Waals surface area contributed by atoms with Crippen LogP contribution >= 0.6 is 11.6 Å². The molecule has 0 radical (unpaired) electrons. The van der Waals surface area contributed by atoms with Crippen LogP contribution in [0.2, 0.25) is 5.02 Å². The highest BCUT2D eigenvalue weighted by atomic mass is 35.5. The van der Waals surface area contributed by atoms with Crippen molar-refractivity contribution in [1.29, 1.82) is 0 Å². The predicted octanol–water partition coefficient (Wildman–Crippen LogP) is 0.998. The fourth-order valence-corrected chi connectivity index (χ4v) is 2.29. The Kier molecular flexibility index (Phi) is 3.54. The molecule has 0 atom stereocenters. The Morgan fingerprint density at radius 3 is 2.89 bits per heavy atom. The third-order valence-corrected chi connectivity index (χ3v) is 3.30. The molecule has 0 bridgehead atoms. The lowest BCUT2D eigenvalue weighted by Gasteiger charge is -2.24. The van der Waals surface area contributed by atoms with E-state index in [0.29, 0.717) is 22.9 Å². The molecule has 2 amide bonds. The van der Waals surface area contributed by atoms with Crippen LogP contribution in [0.1, 0.15) is 6.42 Å². The Bertz CT molecular complexity index is 504. The van der Waals surface area contributed by atoms with Gasteiger partial charge in [0.05, 0.1) is 22.9 Å². The third kappa shape index (κ3) is 2.07. The minimum Gasteiger partial charge on any atom is -0.322 e. The normalized spacial score (nSPS) is 15.4. The number of carbonyl (C=O) groups is 2. The summed E-state index contributed by atoms with van der Waals surface area (Å²) in [7, 11) is 1.67. The summed E-state index contributed by atoms with van der Waals surface area (Å²) in [6, 6.07) is 5.21. The van der Waals surface area contributed by atoms with Gasteiger partial charge in [0.2, 0.25) is 11.8 Å². The number of para-hydroxylation sites is 1. The van der Waals surface area contributed by atoms with E-state index in [1.54, 1.807) is 25.2 Å². The summed E-state index contributed by atoms with van der Waals surface area (Å²) in [6.45, 7) is 0.193. The zero-order valence-corrected chi connectivity index (χ0v) is 10.8. The second-order valence-corrected chi connectivity index (χ2v) is 4.47. The Morgan fingerprint density at radius 1 is 1.50 bits per heavy atom. The van der Waals surface area contributed by atoms with Gasteiger partial charge >= 0.3 is 0 Å². The number of carbonyl (C=O) groups excluding carboxylic acids is 2. The van der Waals surface area contributed by atoms with Gasteiger partial charge in [0.15, 0.2) is 0 Å². The smallest absolute Gasteiger partial charge is 0.240 e. The van der Waals surface area contributed by atoms with Crippen molar-refractivity contribution in [2.45, 2.75) is 6.42 Å². The molecular weight excluding hydrogens is 254 g/mol. The fourth-order valence-electron chi connectivity index (χ4n) is 2.02. The minimum atomic E-state index is -0.243. The van der Waals surface area contributed by atoms with Crippen LogP contribution < -0.4 is 15.5 Å². The van der Waals surface area contributed by atoms with Gasteiger partial charge in [-0.05, 0) is 12.1 Å². The molecule has 1 aromatic rings. The highest BCUT2D eigenvalue weighted by Gasteiger charge is 2.28. The van der Waals surface area contributed by atoms with Gasteiger partial charge in [-0.25, -0.2) is 0 Å². The van der Waals surface area contributed by atoms with Crippen LogP contribution in [0, 0.1) is 0 Å². The maximum absolute atomic E-state index is 11.9. The number of benzene rings is 1. The Balaban J connectivity index is 2.59. The van der Waals surface area contributed by atoms with E-state index in [1.165, 1.54) is 9.80 Å². The summed E-state index contributed by atoms with van der Waals surface area (Å²) in [5.41, 5.74) is 6.59. The van der Waals surface area contributed by atoms with Crippen LogP contribution in [0.5, 0.6) is 0 Å². The minimum absolute atomic E-state index is 0.0501. The van der Waals surface area contributed by atoms with Crippen LogP contribution in [-0.4, -0.2) is 32.0 Å². The lowest BCUT2D eigenvalue weighted by molar-refractivity contribution is -0.118. The number of anilines is 2. The van der Waals surface area contributed by atoms with Crippen molar-refractivity contribution in [2.75, 3.05) is 29.9 Å². The molecular formula is C12H14ClN3O2. The van der Waals surface area contributed by atoms with Gasteiger partial charge in [-0.1, -0.05) is 17.7 Å². The largest absolute Gasteiger partial charge is 0.322 e. The molecule has 96 valence electrons. The molecule has 5 nitrogen and oxygen atoms in total. The summed E-state index contributed by atoms with van der Waals surface area (Å²) in [4.78, 5) is 26.7. The number of fused-ring (bicyclic) bond motifs is 1. The fraction of sp³-hybridized carbons (Fsp3) is 0.333. The first-order chi connectivity index (χ1) is 8.56. The quantitative estimate of drug-likeness (QED) is 0.825. The van der Waals surface area contributed by atoms with E-state index in [0.717, 1.165) is 0 Å². The van der Waals surface area contributed by atoms with E-state index in [1.807, 2.05) is 0 Å². The number of halogens is 1. The van der Waals surface area contributed by atoms with Crippen molar-refractivity contribution in [1.82, 2.24) is 0 Å². The van der Waals surface area contributed by atoms with Crippen LogP contribution in [0.3, 0.4) is 0 Å². The molecule has 1 aliphatic rings. The number of hydrogen-bond acceptors (Lipinski definition) is 3. The van der Waals surface area contributed by atoms with Gasteiger partial charge in [0, 0.05) is 20.0 Å². The molecule has 1 aliphatic heterocycles. The average Bonchev–Trinajstić information content (AvgIpc) is 2.50. The number of nitrogens with zero attached hydrogens (tertiary/aromatic N) is 2.